The van der Waals surface area contributed by atoms with Crippen LogP contribution in [0.3, 0.4) is 0 Å². The van der Waals surface area contributed by atoms with Crippen LogP contribution in [-0.4, -0.2) is 70.8 Å². The summed E-state index contributed by atoms with van der Waals surface area (Å²) in [7, 11) is 0. The predicted octanol–water partition coefficient (Wildman–Crippen LogP) is 4.20. The number of amides is 2. The molecule has 3 heterocycles. The van der Waals surface area contributed by atoms with E-state index < -0.39 is 52.9 Å². The third-order valence-electron chi connectivity index (χ3n) is 9.22. The van der Waals surface area contributed by atoms with Crippen LogP contribution in [0.5, 0.6) is 0 Å². The van der Waals surface area contributed by atoms with Crippen LogP contribution in [-0.2, 0) is 30.3 Å². The molecule has 7 atom stereocenters. The molecule has 3 aliphatic heterocycles. The van der Waals surface area contributed by atoms with Gasteiger partial charge in [0.1, 0.15) is 24.2 Å². The van der Waals surface area contributed by atoms with Gasteiger partial charge in [-0.05, 0) is 43.4 Å². The Bertz CT molecular complexity index is 1380. The van der Waals surface area contributed by atoms with Gasteiger partial charge in [0, 0.05) is 6.54 Å². The van der Waals surface area contributed by atoms with Crippen molar-refractivity contribution in [1.29, 1.82) is 0 Å². The number of benzene rings is 2. The number of esters is 1. The van der Waals surface area contributed by atoms with E-state index in [4.69, 9.17) is 21.1 Å². The largest absolute Gasteiger partial charge is 0.461 e. The van der Waals surface area contributed by atoms with Crippen LogP contribution in [0.2, 0.25) is 5.02 Å². The second-order valence-electron chi connectivity index (χ2n) is 11.6. The molecule has 222 valence electrons. The van der Waals surface area contributed by atoms with Crippen LogP contribution < -0.4 is 4.90 Å². The number of para-hydroxylation sites is 1. The molecular weight excluding hydrogens is 556 g/mol. The Kier molecular flexibility index (Phi) is 8.34. The molecule has 3 fully saturated rings. The van der Waals surface area contributed by atoms with Gasteiger partial charge in [-0.1, -0.05) is 79.7 Å². The van der Waals surface area contributed by atoms with Gasteiger partial charge < -0.3 is 24.4 Å². The molecule has 3 unspecified atom stereocenters. The lowest BCUT2D eigenvalue weighted by atomic mass is 9.62. The fourth-order valence-electron chi connectivity index (χ4n) is 7.33. The van der Waals surface area contributed by atoms with E-state index in [1.807, 2.05) is 44.2 Å². The molecule has 0 radical (unpaired) electrons. The molecule has 2 aromatic carbocycles. The zero-order valence-corrected chi connectivity index (χ0v) is 24.7. The summed E-state index contributed by atoms with van der Waals surface area (Å²) in [6.07, 6.45) is 3.76. The molecule has 3 saturated heterocycles. The van der Waals surface area contributed by atoms with Crippen LogP contribution in [0.15, 0.2) is 79.9 Å². The standard InChI is InChI=1S/C33H37ClN2O6/c1-5-16-35(25-15-11-10-14-24(25)34)30(39)28-33-19-21(3)32(4,42-33)27(31(40)41-17-6-2)26(33)29(38)36(28)23(20-37)18-22-12-8-7-9-13-22/h5-15,21,23,26-28,37H,1-2,16-20H2,3-4H3/t21?,23-,26+,27+,28?,32-,33?/m1/s1. The number of likely N-dealkylation sites (tertiary alicyclic amines) is 1. The van der Waals surface area contributed by atoms with Gasteiger partial charge >= 0.3 is 5.97 Å². The number of rotatable bonds is 11. The van der Waals surface area contributed by atoms with E-state index in [-0.39, 0.29) is 25.7 Å². The smallest absolute Gasteiger partial charge is 0.313 e. The maximum absolute atomic E-state index is 14.8. The number of hydrogen-bond acceptors (Lipinski definition) is 6. The van der Waals surface area contributed by atoms with E-state index in [1.165, 1.54) is 15.9 Å². The molecule has 42 heavy (non-hydrogen) atoms. The van der Waals surface area contributed by atoms with Gasteiger partial charge in [-0.15, -0.1) is 6.58 Å². The Labute approximate surface area is 251 Å². The molecule has 0 aliphatic carbocycles. The van der Waals surface area contributed by atoms with Crippen LogP contribution in [0.4, 0.5) is 5.69 Å². The molecule has 9 heteroatoms. The number of aliphatic hydroxyl groups is 1. The van der Waals surface area contributed by atoms with E-state index in [2.05, 4.69) is 13.2 Å². The monoisotopic (exact) mass is 592 g/mol. The molecule has 1 spiro atoms. The second-order valence-corrected chi connectivity index (χ2v) is 12.0. The van der Waals surface area contributed by atoms with Crippen molar-refractivity contribution in [2.24, 2.45) is 17.8 Å². The van der Waals surface area contributed by atoms with Crippen molar-refractivity contribution in [3.8, 4) is 0 Å². The number of anilines is 1. The third-order valence-corrected chi connectivity index (χ3v) is 9.54. The van der Waals surface area contributed by atoms with Crippen molar-refractivity contribution in [3.05, 3.63) is 90.5 Å². The predicted molar refractivity (Wildman–Crippen MR) is 160 cm³/mol. The summed E-state index contributed by atoms with van der Waals surface area (Å²) in [6.45, 7) is 11.0. The Morgan fingerprint density at radius 3 is 2.52 bits per heavy atom. The van der Waals surface area contributed by atoms with Crippen LogP contribution >= 0.6 is 11.6 Å². The van der Waals surface area contributed by atoms with Crippen molar-refractivity contribution in [3.63, 3.8) is 0 Å². The molecule has 0 saturated carbocycles. The number of halogens is 1. The molecule has 0 aromatic heterocycles. The molecule has 3 aliphatic rings. The maximum Gasteiger partial charge on any atom is 0.313 e. The van der Waals surface area contributed by atoms with Gasteiger partial charge in [0.2, 0.25) is 5.91 Å². The van der Waals surface area contributed by atoms with Crippen molar-refractivity contribution in [1.82, 2.24) is 4.90 Å². The Morgan fingerprint density at radius 1 is 1.19 bits per heavy atom. The molecule has 2 amide bonds. The number of fused-ring (bicyclic) bond motifs is 1. The Hall–Kier alpha value is -3.46. The summed E-state index contributed by atoms with van der Waals surface area (Å²) >= 11 is 6.57. The topological polar surface area (TPSA) is 96.4 Å². The lowest BCUT2D eigenvalue weighted by molar-refractivity contribution is -0.161. The lowest BCUT2D eigenvalue weighted by Crippen LogP contribution is -2.59. The minimum atomic E-state index is -1.31. The lowest BCUT2D eigenvalue weighted by Gasteiger charge is -2.39. The van der Waals surface area contributed by atoms with Crippen LogP contribution in [0, 0.1) is 17.8 Å². The highest BCUT2D eigenvalue weighted by molar-refractivity contribution is 6.34. The quantitative estimate of drug-likeness (QED) is 0.310. The van der Waals surface area contributed by atoms with E-state index >= 15 is 0 Å². The number of aliphatic hydroxyl groups excluding tert-OH is 1. The van der Waals surface area contributed by atoms with Gasteiger partial charge in [0.25, 0.3) is 5.91 Å². The summed E-state index contributed by atoms with van der Waals surface area (Å²) in [4.78, 5) is 45.9. The highest BCUT2D eigenvalue weighted by Crippen LogP contribution is 2.65. The Morgan fingerprint density at radius 2 is 1.88 bits per heavy atom. The third kappa shape index (κ3) is 4.66. The van der Waals surface area contributed by atoms with E-state index in [0.29, 0.717) is 23.6 Å². The van der Waals surface area contributed by atoms with Gasteiger partial charge in [-0.2, -0.15) is 0 Å². The Balaban J connectivity index is 1.66. The first kappa shape index (κ1) is 30.0. The summed E-state index contributed by atoms with van der Waals surface area (Å²) in [5, 5.41) is 11.1. The SMILES string of the molecule is C=CCOC(=O)[C@@H]1[C@H]2C(=O)N([C@@H](CO)Cc3ccccc3)C(C(=O)N(CC=C)c3ccccc3Cl)C23CC(C)[C@@]1(C)O3. The van der Waals surface area contributed by atoms with Crippen LogP contribution in [0.1, 0.15) is 25.8 Å². The molecular formula is C33H37ClN2O6. The molecule has 2 aromatic rings. The average molecular weight is 593 g/mol. The van der Waals surface area contributed by atoms with Crippen LogP contribution in [0.25, 0.3) is 0 Å². The summed E-state index contributed by atoms with van der Waals surface area (Å²) in [5.41, 5.74) is -0.976. The first-order chi connectivity index (χ1) is 20.1. The highest BCUT2D eigenvalue weighted by Gasteiger charge is 2.80. The molecule has 5 rings (SSSR count). The first-order valence-electron chi connectivity index (χ1n) is 14.3. The first-order valence-corrected chi connectivity index (χ1v) is 14.6. The second kappa shape index (κ2) is 11.7. The zero-order chi connectivity index (χ0) is 30.2. The summed E-state index contributed by atoms with van der Waals surface area (Å²) in [5.74, 6) is -3.44. The zero-order valence-electron chi connectivity index (χ0n) is 23.9. The van der Waals surface area contributed by atoms with Gasteiger partial charge in [0.05, 0.1) is 34.9 Å². The summed E-state index contributed by atoms with van der Waals surface area (Å²) in [6, 6.07) is 14.6. The number of carbonyl (C=O) groups is 3. The number of ether oxygens (including phenoxy) is 2. The summed E-state index contributed by atoms with van der Waals surface area (Å²) < 4.78 is 12.3. The maximum atomic E-state index is 14.8. The van der Waals surface area contributed by atoms with Crippen molar-refractivity contribution < 1.29 is 29.0 Å². The average Bonchev–Trinajstić information content (AvgIpc) is 3.50. The normalized spacial score (nSPS) is 30.1. The highest BCUT2D eigenvalue weighted by atomic mass is 35.5. The van der Waals surface area contributed by atoms with Gasteiger partial charge in [-0.25, -0.2) is 0 Å². The fraction of sp³-hybridized carbons (Fsp3) is 0.424. The molecule has 2 bridgehead atoms. The van der Waals surface area contributed by atoms with E-state index in [0.717, 1.165) is 5.56 Å². The number of nitrogens with zero attached hydrogens (tertiary/aromatic N) is 2. The van der Waals surface area contributed by atoms with Crippen molar-refractivity contribution >= 4 is 35.1 Å². The van der Waals surface area contributed by atoms with Gasteiger partial charge in [-0.3, -0.25) is 14.4 Å². The van der Waals surface area contributed by atoms with Gasteiger partial charge in [0.15, 0.2) is 0 Å². The minimum Gasteiger partial charge on any atom is -0.461 e. The van der Waals surface area contributed by atoms with Crippen molar-refractivity contribution in [2.45, 2.75) is 50.0 Å². The van der Waals surface area contributed by atoms with E-state index in [9.17, 15) is 19.5 Å². The fourth-order valence-corrected chi connectivity index (χ4v) is 7.57. The number of hydrogen-bond donors (Lipinski definition) is 1. The van der Waals surface area contributed by atoms with Crippen molar-refractivity contribution in [2.75, 3.05) is 24.7 Å². The molecule has 8 nitrogen and oxygen atoms in total. The van der Waals surface area contributed by atoms with E-state index in [1.54, 1.807) is 30.3 Å². The minimum absolute atomic E-state index is 0.00727. The molecule has 1 N–H and O–H groups in total. The number of carbonyl (C=O) groups excluding carboxylic acids is 3.